The average molecular weight is 223 g/mol. The maximum Gasteiger partial charge on any atom is 0.221 e. The van der Waals surface area contributed by atoms with Crippen molar-refractivity contribution in [3.05, 3.63) is 0 Å². The summed E-state index contributed by atoms with van der Waals surface area (Å²) in [4.78, 5) is 10.7. The van der Waals surface area contributed by atoms with Crippen LogP contribution in [-0.4, -0.2) is 47.3 Å². The van der Waals surface area contributed by atoms with Gasteiger partial charge in [0.05, 0.1) is 6.26 Å². The van der Waals surface area contributed by atoms with Gasteiger partial charge in [-0.1, -0.05) is 0 Å². The molecule has 6 nitrogen and oxygen atoms in total. The highest BCUT2D eigenvalue weighted by atomic mass is 32.2. The second kappa shape index (κ2) is 6.74. The molecule has 7 heteroatoms. The van der Waals surface area contributed by atoms with E-state index in [9.17, 15) is 13.2 Å². The summed E-state index contributed by atoms with van der Waals surface area (Å²) in [7, 11) is -1.52. The topological polar surface area (TPSA) is 87.3 Å². The molecule has 0 aromatic heterocycles. The van der Waals surface area contributed by atoms with Crippen LogP contribution < -0.4 is 15.4 Å². The van der Waals surface area contributed by atoms with E-state index >= 15 is 0 Å². The van der Waals surface area contributed by atoms with Crippen LogP contribution >= 0.6 is 0 Å². The minimum Gasteiger partial charge on any atom is -0.359 e. The van der Waals surface area contributed by atoms with Gasteiger partial charge in [0, 0.05) is 33.1 Å². The Bertz CT molecular complexity index is 263. The predicted octanol–water partition coefficient (Wildman–Crippen LogP) is -1.74. The minimum atomic E-state index is -3.10. The molecule has 0 bridgehead atoms. The van der Waals surface area contributed by atoms with Crippen molar-refractivity contribution in [3.63, 3.8) is 0 Å². The summed E-state index contributed by atoms with van der Waals surface area (Å²) in [6.45, 7) is 1.40. The van der Waals surface area contributed by atoms with Crippen molar-refractivity contribution >= 4 is 15.9 Å². The summed E-state index contributed by atoms with van der Waals surface area (Å²) in [6.07, 6.45) is 1.51. The summed E-state index contributed by atoms with van der Waals surface area (Å²) >= 11 is 0. The number of carbonyl (C=O) groups excluding carboxylic acids is 1. The Morgan fingerprint density at radius 2 is 1.86 bits per heavy atom. The quantitative estimate of drug-likeness (QED) is 0.447. The number of amides is 1. The molecule has 0 rings (SSSR count). The fourth-order valence-corrected chi connectivity index (χ4v) is 1.25. The van der Waals surface area contributed by atoms with Gasteiger partial charge in [-0.15, -0.1) is 0 Å². The first-order chi connectivity index (χ1) is 6.45. The number of hydrogen-bond donors (Lipinski definition) is 3. The van der Waals surface area contributed by atoms with Gasteiger partial charge in [0.2, 0.25) is 15.9 Å². The molecule has 0 aromatic rings. The highest BCUT2D eigenvalue weighted by Crippen LogP contribution is 1.75. The largest absolute Gasteiger partial charge is 0.359 e. The van der Waals surface area contributed by atoms with Crippen molar-refractivity contribution in [1.29, 1.82) is 0 Å². The molecule has 0 aromatic carbocycles. The lowest BCUT2D eigenvalue weighted by Crippen LogP contribution is -2.32. The molecule has 0 aliphatic heterocycles. The molecule has 84 valence electrons. The van der Waals surface area contributed by atoms with Gasteiger partial charge < -0.3 is 10.6 Å². The molecule has 0 atom stereocenters. The van der Waals surface area contributed by atoms with E-state index in [4.69, 9.17) is 0 Å². The molecule has 0 aliphatic rings. The summed E-state index contributed by atoms with van der Waals surface area (Å²) in [6, 6.07) is 0. The molecule has 14 heavy (non-hydrogen) atoms. The second-order valence-corrected chi connectivity index (χ2v) is 4.67. The molecule has 0 radical (unpaired) electrons. The van der Waals surface area contributed by atoms with Crippen LogP contribution in [0.1, 0.15) is 6.42 Å². The first kappa shape index (κ1) is 13.3. The van der Waals surface area contributed by atoms with E-state index < -0.39 is 10.0 Å². The fourth-order valence-electron chi connectivity index (χ4n) is 0.777. The number of sulfonamides is 1. The van der Waals surface area contributed by atoms with E-state index in [-0.39, 0.29) is 5.91 Å². The maximum absolute atomic E-state index is 10.7. The Balaban J connectivity index is 3.27. The number of carbonyl (C=O) groups is 1. The number of hydrogen-bond acceptors (Lipinski definition) is 4. The fraction of sp³-hybridized carbons (Fsp3) is 0.857. The van der Waals surface area contributed by atoms with Gasteiger partial charge in [0.25, 0.3) is 0 Å². The normalized spacial score (nSPS) is 11.3. The summed E-state index contributed by atoms with van der Waals surface area (Å²) in [5, 5.41) is 5.43. The van der Waals surface area contributed by atoms with E-state index in [2.05, 4.69) is 15.4 Å². The Morgan fingerprint density at radius 3 is 2.36 bits per heavy atom. The summed E-state index contributed by atoms with van der Waals surface area (Å²) in [5.74, 6) is -0.0337. The van der Waals surface area contributed by atoms with Crippen LogP contribution in [0.25, 0.3) is 0 Å². The van der Waals surface area contributed by atoms with Gasteiger partial charge in [-0.05, 0) is 0 Å². The van der Waals surface area contributed by atoms with Crippen LogP contribution in [0.5, 0.6) is 0 Å². The monoisotopic (exact) mass is 223 g/mol. The first-order valence-electron chi connectivity index (χ1n) is 4.31. The summed E-state index contributed by atoms with van der Waals surface area (Å²) < 4.78 is 23.6. The average Bonchev–Trinajstić information content (AvgIpc) is 2.08. The third kappa shape index (κ3) is 9.43. The van der Waals surface area contributed by atoms with Gasteiger partial charge in [-0.2, -0.15) is 0 Å². The predicted molar refractivity (Wildman–Crippen MR) is 54.4 cm³/mol. The van der Waals surface area contributed by atoms with Crippen LogP contribution in [0.15, 0.2) is 0 Å². The van der Waals surface area contributed by atoms with Gasteiger partial charge in [-0.3, -0.25) is 4.79 Å². The molecule has 0 fully saturated rings. The molecule has 0 spiro atoms. The Hall–Kier alpha value is -0.660. The van der Waals surface area contributed by atoms with Crippen molar-refractivity contribution in [3.8, 4) is 0 Å². The standard InChI is InChI=1S/C7H17N3O3S/c1-8-7(11)3-4-9-5-6-10-14(2,12)13/h9-10H,3-6H2,1-2H3,(H,8,11). The summed E-state index contributed by atoms with van der Waals surface area (Å²) in [5.41, 5.74) is 0. The minimum absolute atomic E-state index is 0.0337. The Morgan fingerprint density at radius 1 is 1.21 bits per heavy atom. The highest BCUT2D eigenvalue weighted by molar-refractivity contribution is 7.88. The molecular formula is C7H17N3O3S. The zero-order valence-electron chi connectivity index (χ0n) is 8.46. The van der Waals surface area contributed by atoms with Gasteiger partial charge in [-0.25, -0.2) is 13.1 Å². The Kier molecular flexibility index (Phi) is 6.43. The van der Waals surface area contributed by atoms with E-state index in [1.807, 2.05) is 0 Å². The molecule has 0 saturated carbocycles. The Labute approximate surface area is 84.5 Å². The third-order valence-corrected chi connectivity index (χ3v) is 2.20. The molecule has 0 heterocycles. The zero-order chi connectivity index (χ0) is 11.0. The van der Waals surface area contributed by atoms with Crippen LogP contribution in [0.4, 0.5) is 0 Å². The SMILES string of the molecule is CNC(=O)CCNCCNS(C)(=O)=O. The lowest BCUT2D eigenvalue weighted by Gasteiger charge is -2.04. The lowest BCUT2D eigenvalue weighted by atomic mass is 10.4. The molecule has 0 saturated heterocycles. The molecule has 3 N–H and O–H groups in total. The zero-order valence-corrected chi connectivity index (χ0v) is 9.28. The van der Waals surface area contributed by atoms with Gasteiger partial charge >= 0.3 is 0 Å². The third-order valence-electron chi connectivity index (χ3n) is 1.47. The van der Waals surface area contributed by atoms with Crippen LogP contribution in [0, 0.1) is 0 Å². The van der Waals surface area contributed by atoms with Crippen molar-refractivity contribution in [2.75, 3.05) is 32.9 Å². The second-order valence-electron chi connectivity index (χ2n) is 2.84. The van der Waals surface area contributed by atoms with Crippen LogP contribution in [0.3, 0.4) is 0 Å². The van der Waals surface area contributed by atoms with E-state index in [0.29, 0.717) is 26.1 Å². The van der Waals surface area contributed by atoms with E-state index in [0.717, 1.165) is 6.26 Å². The molecule has 0 unspecified atom stereocenters. The smallest absolute Gasteiger partial charge is 0.221 e. The molecular weight excluding hydrogens is 206 g/mol. The maximum atomic E-state index is 10.7. The molecule has 0 aliphatic carbocycles. The van der Waals surface area contributed by atoms with Gasteiger partial charge in [0.1, 0.15) is 0 Å². The lowest BCUT2D eigenvalue weighted by molar-refractivity contribution is -0.120. The first-order valence-corrected chi connectivity index (χ1v) is 6.21. The van der Waals surface area contributed by atoms with E-state index in [1.54, 1.807) is 7.05 Å². The van der Waals surface area contributed by atoms with Crippen LogP contribution in [-0.2, 0) is 14.8 Å². The van der Waals surface area contributed by atoms with E-state index in [1.165, 1.54) is 0 Å². The number of nitrogens with one attached hydrogen (secondary N) is 3. The van der Waals surface area contributed by atoms with Crippen molar-refractivity contribution in [2.45, 2.75) is 6.42 Å². The highest BCUT2D eigenvalue weighted by Gasteiger charge is 1.99. The number of rotatable bonds is 7. The van der Waals surface area contributed by atoms with Crippen LogP contribution in [0.2, 0.25) is 0 Å². The van der Waals surface area contributed by atoms with Gasteiger partial charge in [0.15, 0.2) is 0 Å². The molecule has 1 amide bonds. The van der Waals surface area contributed by atoms with Crippen molar-refractivity contribution in [1.82, 2.24) is 15.4 Å². The van der Waals surface area contributed by atoms with Crippen molar-refractivity contribution < 1.29 is 13.2 Å². The van der Waals surface area contributed by atoms with Crippen molar-refractivity contribution in [2.24, 2.45) is 0 Å².